The SMILES string of the molecule is CCOC(=O)C1=C(N)OC(CC(=O)c2ccccc2)(OCC)C1=O. The molecule has 0 aliphatic carbocycles. The number of hydrogen-bond donors (Lipinski definition) is 1. The molecule has 1 atom stereocenters. The van der Waals surface area contributed by atoms with Crippen molar-refractivity contribution in [1.82, 2.24) is 0 Å². The molecule has 24 heavy (non-hydrogen) atoms. The van der Waals surface area contributed by atoms with Crippen LogP contribution >= 0.6 is 0 Å². The van der Waals surface area contributed by atoms with Crippen molar-refractivity contribution in [3.05, 3.63) is 47.4 Å². The molecule has 0 bridgehead atoms. The van der Waals surface area contributed by atoms with Gasteiger partial charge < -0.3 is 19.9 Å². The van der Waals surface area contributed by atoms with Crippen LogP contribution in [0.15, 0.2) is 41.8 Å². The number of hydrogen-bond acceptors (Lipinski definition) is 7. The van der Waals surface area contributed by atoms with Gasteiger partial charge in [0.2, 0.25) is 11.7 Å². The number of carbonyl (C=O) groups is 3. The summed E-state index contributed by atoms with van der Waals surface area (Å²) < 4.78 is 15.5. The van der Waals surface area contributed by atoms with Crippen molar-refractivity contribution in [1.29, 1.82) is 0 Å². The molecule has 0 aromatic heterocycles. The van der Waals surface area contributed by atoms with Crippen molar-refractivity contribution in [2.24, 2.45) is 5.73 Å². The molecule has 0 saturated heterocycles. The molecule has 7 heteroatoms. The third kappa shape index (κ3) is 3.30. The van der Waals surface area contributed by atoms with Crippen LogP contribution in [0.1, 0.15) is 30.6 Å². The second-order valence-electron chi connectivity index (χ2n) is 5.04. The Labute approximate surface area is 139 Å². The van der Waals surface area contributed by atoms with Gasteiger partial charge in [-0.25, -0.2) is 4.79 Å². The molecule has 0 saturated carbocycles. The zero-order chi connectivity index (χ0) is 17.7. The normalized spacial score (nSPS) is 20.0. The minimum absolute atomic E-state index is 0.0769. The van der Waals surface area contributed by atoms with E-state index in [0.717, 1.165) is 0 Å². The standard InChI is InChI=1S/C17H19NO6/c1-3-22-16(21)13-14(20)17(23-4-2,24-15(13)18)10-12(19)11-8-6-5-7-9-11/h5-9H,3-4,10,18H2,1-2H3. The largest absolute Gasteiger partial charge is 0.462 e. The minimum atomic E-state index is -1.94. The maximum Gasteiger partial charge on any atom is 0.347 e. The highest BCUT2D eigenvalue weighted by Gasteiger charge is 2.54. The van der Waals surface area contributed by atoms with Gasteiger partial charge in [-0.15, -0.1) is 0 Å². The fraction of sp³-hybridized carbons (Fsp3) is 0.353. The average Bonchev–Trinajstić information content (AvgIpc) is 2.79. The van der Waals surface area contributed by atoms with Crippen molar-refractivity contribution in [2.45, 2.75) is 26.1 Å². The fourth-order valence-electron chi connectivity index (χ4n) is 2.41. The Morgan fingerprint density at radius 3 is 2.42 bits per heavy atom. The smallest absolute Gasteiger partial charge is 0.347 e. The summed E-state index contributed by atoms with van der Waals surface area (Å²) in [6.07, 6.45) is -0.396. The maximum absolute atomic E-state index is 12.7. The highest BCUT2D eigenvalue weighted by Crippen LogP contribution is 2.34. The van der Waals surface area contributed by atoms with Crippen molar-refractivity contribution in [3.8, 4) is 0 Å². The van der Waals surface area contributed by atoms with Gasteiger partial charge in [0.25, 0.3) is 5.79 Å². The van der Waals surface area contributed by atoms with Gasteiger partial charge in [-0.2, -0.15) is 0 Å². The molecule has 2 rings (SSSR count). The van der Waals surface area contributed by atoms with Crippen LogP contribution in [0, 0.1) is 0 Å². The zero-order valence-corrected chi connectivity index (χ0v) is 13.5. The van der Waals surface area contributed by atoms with Crippen LogP contribution in [-0.4, -0.2) is 36.5 Å². The van der Waals surface area contributed by atoms with E-state index in [-0.39, 0.29) is 19.0 Å². The van der Waals surface area contributed by atoms with Gasteiger partial charge in [-0.05, 0) is 13.8 Å². The second kappa shape index (κ2) is 7.27. The van der Waals surface area contributed by atoms with Gasteiger partial charge in [0.05, 0.1) is 13.0 Å². The number of benzene rings is 1. The van der Waals surface area contributed by atoms with Gasteiger partial charge in [0.1, 0.15) is 0 Å². The van der Waals surface area contributed by atoms with E-state index in [2.05, 4.69) is 0 Å². The molecule has 7 nitrogen and oxygen atoms in total. The first-order chi connectivity index (χ1) is 11.4. The van der Waals surface area contributed by atoms with E-state index in [1.54, 1.807) is 44.2 Å². The second-order valence-corrected chi connectivity index (χ2v) is 5.04. The minimum Gasteiger partial charge on any atom is -0.462 e. The molecule has 1 heterocycles. The average molecular weight is 333 g/mol. The van der Waals surface area contributed by atoms with Crippen LogP contribution in [0.4, 0.5) is 0 Å². The van der Waals surface area contributed by atoms with Crippen LogP contribution in [0.2, 0.25) is 0 Å². The van der Waals surface area contributed by atoms with Crippen molar-refractivity contribution in [3.63, 3.8) is 0 Å². The number of Topliss-reactive ketones (excluding diaryl/α,β-unsaturated/α-hetero) is 2. The first kappa shape index (κ1) is 17.7. The maximum atomic E-state index is 12.7. The van der Waals surface area contributed by atoms with E-state index in [1.165, 1.54) is 0 Å². The van der Waals surface area contributed by atoms with Gasteiger partial charge in [0.15, 0.2) is 11.4 Å². The van der Waals surface area contributed by atoms with Gasteiger partial charge >= 0.3 is 5.97 Å². The number of nitrogens with two attached hydrogens (primary N) is 1. The van der Waals surface area contributed by atoms with Gasteiger partial charge in [0, 0.05) is 12.2 Å². The summed E-state index contributed by atoms with van der Waals surface area (Å²) in [5, 5.41) is 0. The molecular formula is C17H19NO6. The monoisotopic (exact) mass is 333 g/mol. The van der Waals surface area contributed by atoms with Crippen LogP contribution in [0.3, 0.4) is 0 Å². The number of rotatable bonds is 7. The van der Waals surface area contributed by atoms with Crippen LogP contribution in [0.25, 0.3) is 0 Å². The Bertz CT molecular complexity index is 682. The molecule has 0 fully saturated rings. The van der Waals surface area contributed by atoms with E-state index >= 15 is 0 Å². The molecule has 1 aliphatic heterocycles. The highest BCUT2D eigenvalue weighted by molar-refractivity contribution is 6.22. The summed E-state index contributed by atoms with van der Waals surface area (Å²) in [5.74, 6) is -4.39. The van der Waals surface area contributed by atoms with Crippen LogP contribution in [0.5, 0.6) is 0 Å². The van der Waals surface area contributed by atoms with E-state index in [9.17, 15) is 14.4 Å². The lowest BCUT2D eigenvalue weighted by molar-refractivity contribution is -0.198. The van der Waals surface area contributed by atoms with Gasteiger partial charge in [-0.1, -0.05) is 30.3 Å². The number of carbonyl (C=O) groups excluding carboxylic acids is 3. The Hall–Kier alpha value is -2.67. The summed E-state index contributed by atoms with van der Waals surface area (Å²) in [4.78, 5) is 37.0. The predicted octanol–water partition coefficient (Wildman–Crippen LogP) is 1.32. The Kier molecular flexibility index (Phi) is 5.35. The molecule has 1 aromatic carbocycles. The third-order valence-corrected chi connectivity index (χ3v) is 3.44. The fourth-order valence-corrected chi connectivity index (χ4v) is 2.41. The van der Waals surface area contributed by atoms with Crippen LogP contribution < -0.4 is 5.73 Å². The van der Waals surface area contributed by atoms with Crippen molar-refractivity contribution in [2.75, 3.05) is 13.2 Å². The van der Waals surface area contributed by atoms with E-state index in [1.807, 2.05) is 0 Å². The highest BCUT2D eigenvalue weighted by atomic mass is 16.7. The number of esters is 1. The quantitative estimate of drug-likeness (QED) is 0.456. The summed E-state index contributed by atoms with van der Waals surface area (Å²) in [6, 6.07) is 8.41. The molecule has 128 valence electrons. The summed E-state index contributed by atoms with van der Waals surface area (Å²) in [6.45, 7) is 3.41. The van der Waals surface area contributed by atoms with E-state index in [4.69, 9.17) is 19.9 Å². The number of ketones is 2. The lowest BCUT2D eigenvalue weighted by atomic mass is 9.97. The lowest BCUT2D eigenvalue weighted by Crippen LogP contribution is -2.43. The Balaban J connectivity index is 2.28. The molecule has 1 aromatic rings. The summed E-state index contributed by atoms with van der Waals surface area (Å²) >= 11 is 0. The molecule has 0 radical (unpaired) electrons. The first-order valence-electron chi connectivity index (χ1n) is 7.58. The predicted molar refractivity (Wildman–Crippen MR) is 83.7 cm³/mol. The topological polar surface area (TPSA) is 105 Å². The molecular weight excluding hydrogens is 314 g/mol. The summed E-state index contributed by atoms with van der Waals surface area (Å²) in [7, 11) is 0. The Morgan fingerprint density at radius 1 is 1.17 bits per heavy atom. The first-order valence-corrected chi connectivity index (χ1v) is 7.58. The lowest BCUT2D eigenvalue weighted by Gasteiger charge is -2.26. The summed E-state index contributed by atoms with van der Waals surface area (Å²) in [5.41, 5.74) is 5.64. The van der Waals surface area contributed by atoms with Crippen LogP contribution in [-0.2, 0) is 23.8 Å². The van der Waals surface area contributed by atoms with E-state index < -0.39 is 35.4 Å². The number of ether oxygens (including phenoxy) is 3. The van der Waals surface area contributed by atoms with E-state index in [0.29, 0.717) is 5.56 Å². The third-order valence-electron chi connectivity index (χ3n) is 3.44. The molecule has 0 spiro atoms. The molecule has 1 unspecified atom stereocenters. The molecule has 1 aliphatic rings. The zero-order valence-electron chi connectivity index (χ0n) is 13.5. The Morgan fingerprint density at radius 2 is 1.83 bits per heavy atom. The van der Waals surface area contributed by atoms with Crippen molar-refractivity contribution < 1.29 is 28.6 Å². The molecule has 2 N–H and O–H groups in total. The van der Waals surface area contributed by atoms with Crippen molar-refractivity contribution >= 4 is 17.5 Å². The molecule has 0 amide bonds. The van der Waals surface area contributed by atoms with Gasteiger partial charge in [-0.3, -0.25) is 9.59 Å².